The van der Waals surface area contributed by atoms with Crippen LogP contribution in [-0.4, -0.2) is 70.2 Å². The summed E-state index contributed by atoms with van der Waals surface area (Å²) in [7, 11) is 0. The van der Waals surface area contributed by atoms with Gasteiger partial charge in [-0.3, -0.25) is 4.90 Å². The summed E-state index contributed by atoms with van der Waals surface area (Å²) in [5, 5.41) is 8.27. The molecule has 0 atom stereocenters. The summed E-state index contributed by atoms with van der Waals surface area (Å²) in [6.45, 7) is 15.5. The van der Waals surface area contributed by atoms with Gasteiger partial charge in [0.2, 0.25) is 11.8 Å². The maximum atomic E-state index is 12.3. The number of nitrogens with zero attached hydrogens (tertiary/aromatic N) is 5. The first-order valence-electron chi connectivity index (χ1n) is 8.44. The van der Waals surface area contributed by atoms with Crippen molar-refractivity contribution in [2.45, 2.75) is 46.6 Å². The molecule has 23 heavy (non-hydrogen) atoms. The summed E-state index contributed by atoms with van der Waals surface area (Å²) in [6.07, 6.45) is 0. The molecule has 7 heteroatoms. The van der Waals surface area contributed by atoms with Crippen LogP contribution in [0.5, 0.6) is 0 Å². The highest BCUT2D eigenvalue weighted by Crippen LogP contribution is 2.21. The number of aromatic nitrogens is 2. The molecule has 1 aliphatic heterocycles. The van der Waals surface area contributed by atoms with Gasteiger partial charge < -0.3 is 14.2 Å². The van der Waals surface area contributed by atoms with Crippen LogP contribution in [0.25, 0.3) is 0 Å². The van der Waals surface area contributed by atoms with E-state index in [1.54, 1.807) is 0 Å². The van der Waals surface area contributed by atoms with Crippen molar-refractivity contribution in [2.24, 2.45) is 0 Å². The molecule has 7 nitrogen and oxygen atoms in total. The maximum Gasteiger partial charge on any atom is 0.320 e. The van der Waals surface area contributed by atoms with Crippen molar-refractivity contribution >= 4 is 6.03 Å². The van der Waals surface area contributed by atoms with Gasteiger partial charge >= 0.3 is 6.03 Å². The number of hydrogen-bond acceptors (Lipinski definition) is 5. The van der Waals surface area contributed by atoms with Crippen LogP contribution < -0.4 is 0 Å². The first kappa shape index (κ1) is 17.7. The molecular weight excluding hydrogens is 294 g/mol. The van der Waals surface area contributed by atoms with E-state index in [2.05, 4.69) is 35.9 Å². The summed E-state index contributed by atoms with van der Waals surface area (Å²) in [6, 6.07) is 0.141. The smallest absolute Gasteiger partial charge is 0.320 e. The van der Waals surface area contributed by atoms with Gasteiger partial charge in [-0.25, -0.2) is 4.79 Å². The fourth-order valence-corrected chi connectivity index (χ4v) is 2.60. The average Bonchev–Trinajstić information content (AvgIpc) is 2.98. The Labute approximate surface area is 138 Å². The third-order valence-electron chi connectivity index (χ3n) is 4.14. The maximum absolute atomic E-state index is 12.3. The van der Waals surface area contributed by atoms with E-state index in [1.807, 2.05) is 23.6 Å². The van der Waals surface area contributed by atoms with Crippen molar-refractivity contribution in [3.63, 3.8) is 0 Å². The van der Waals surface area contributed by atoms with Crippen LogP contribution >= 0.6 is 0 Å². The molecule has 0 radical (unpaired) electrons. The van der Waals surface area contributed by atoms with Crippen molar-refractivity contribution in [3.05, 3.63) is 11.8 Å². The molecule has 2 rings (SSSR count). The molecule has 1 aromatic rings. The molecule has 0 saturated carbocycles. The Balaban J connectivity index is 1.85. The lowest BCUT2D eigenvalue weighted by molar-refractivity contribution is 0.107. The molecule has 0 N–H and O–H groups in total. The second-order valence-corrected chi connectivity index (χ2v) is 6.97. The molecule has 1 aliphatic rings. The Hall–Kier alpha value is -1.63. The van der Waals surface area contributed by atoms with E-state index in [0.29, 0.717) is 18.3 Å². The largest absolute Gasteiger partial charge is 0.423 e. The van der Waals surface area contributed by atoms with Crippen LogP contribution in [0.2, 0.25) is 0 Å². The normalized spacial score (nSPS) is 16.7. The highest BCUT2D eigenvalue weighted by Gasteiger charge is 2.26. The zero-order valence-electron chi connectivity index (χ0n) is 15.0. The van der Waals surface area contributed by atoms with Crippen LogP contribution in [0.15, 0.2) is 4.42 Å². The Morgan fingerprint density at radius 3 is 2.22 bits per heavy atom. The van der Waals surface area contributed by atoms with Gasteiger partial charge in [0.25, 0.3) is 0 Å². The van der Waals surface area contributed by atoms with Gasteiger partial charge in [-0.1, -0.05) is 20.8 Å². The van der Waals surface area contributed by atoms with Gasteiger partial charge in [0.15, 0.2) is 0 Å². The minimum absolute atomic E-state index is 0.125. The Morgan fingerprint density at radius 2 is 1.74 bits per heavy atom. The Kier molecular flexibility index (Phi) is 5.62. The van der Waals surface area contributed by atoms with Crippen LogP contribution in [0, 0.1) is 0 Å². The lowest BCUT2D eigenvalue weighted by atomic mass is 9.97. The van der Waals surface area contributed by atoms with E-state index < -0.39 is 0 Å². The van der Waals surface area contributed by atoms with E-state index >= 15 is 0 Å². The highest BCUT2D eigenvalue weighted by atomic mass is 16.4. The van der Waals surface area contributed by atoms with Gasteiger partial charge in [0.05, 0.1) is 6.54 Å². The zero-order valence-corrected chi connectivity index (χ0v) is 15.0. The van der Waals surface area contributed by atoms with Gasteiger partial charge in [0, 0.05) is 44.7 Å². The fourth-order valence-electron chi connectivity index (χ4n) is 2.60. The molecule has 0 spiro atoms. The van der Waals surface area contributed by atoms with Gasteiger partial charge in [-0.05, 0) is 13.8 Å². The topological polar surface area (TPSA) is 65.7 Å². The van der Waals surface area contributed by atoms with Crippen molar-refractivity contribution in [1.82, 2.24) is 24.9 Å². The number of hydrogen-bond donors (Lipinski definition) is 0. The molecule has 0 aliphatic carbocycles. The summed E-state index contributed by atoms with van der Waals surface area (Å²) in [5.41, 5.74) is -0.125. The molecule has 1 saturated heterocycles. The first-order valence-corrected chi connectivity index (χ1v) is 8.44. The number of piperazine rings is 1. The summed E-state index contributed by atoms with van der Waals surface area (Å²) < 4.78 is 5.75. The van der Waals surface area contributed by atoms with E-state index in [9.17, 15) is 4.79 Å². The minimum atomic E-state index is -0.125. The zero-order chi connectivity index (χ0) is 17.0. The number of amides is 2. The number of rotatable bonds is 4. The lowest BCUT2D eigenvalue weighted by Gasteiger charge is -2.36. The molecule has 2 amide bonds. The molecular formula is C16H29N5O2. The predicted octanol–water partition coefficient (Wildman–Crippen LogP) is 1.95. The summed E-state index contributed by atoms with van der Waals surface area (Å²) in [4.78, 5) is 18.4. The number of carbonyl (C=O) groups excluding carboxylic acids is 1. The Bertz CT molecular complexity index is 511. The standard InChI is InChI=1S/C16H29N5O2/c1-6-20(7-2)15(22)21-10-8-19(9-11-21)12-13-17-18-14(23-13)16(3,4)5/h6-12H2,1-5H3. The average molecular weight is 323 g/mol. The molecule has 0 unspecified atom stereocenters. The summed E-state index contributed by atoms with van der Waals surface area (Å²) in [5.74, 6) is 1.32. The number of urea groups is 1. The lowest BCUT2D eigenvalue weighted by Crippen LogP contribution is -2.52. The summed E-state index contributed by atoms with van der Waals surface area (Å²) >= 11 is 0. The SMILES string of the molecule is CCN(CC)C(=O)N1CCN(Cc2nnc(C(C)(C)C)o2)CC1. The molecule has 0 aromatic carbocycles. The Morgan fingerprint density at radius 1 is 1.13 bits per heavy atom. The van der Waals surface area contributed by atoms with Crippen molar-refractivity contribution < 1.29 is 9.21 Å². The van der Waals surface area contributed by atoms with Crippen LogP contribution in [0.3, 0.4) is 0 Å². The van der Waals surface area contributed by atoms with E-state index in [-0.39, 0.29) is 11.4 Å². The van der Waals surface area contributed by atoms with E-state index in [0.717, 1.165) is 39.3 Å². The molecule has 2 heterocycles. The van der Waals surface area contributed by atoms with Crippen LogP contribution in [0.1, 0.15) is 46.4 Å². The third-order valence-corrected chi connectivity index (χ3v) is 4.14. The van der Waals surface area contributed by atoms with Crippen LogP contribution in [-0.2, 0) is 12.0 Å². The van der Waals surface area contributed by atoms with Crippen molar-refractivity contribution in [1.29, 1.82) is 0 Å². The molecule has 130 valence electrons. The molecule has 0 bridgehead atoms. The monoisotopic (exact) mass is 323 g/mol. The van der Waals surface area contributed by atoms with E-state index in [4.69, 9.17) is 4.42 Å². The van der Waals surface area contributed by atoms with Gasteiger partial charge in [0.1, 0.15) is 0 Å². The highest BCUT2D eigenvalue weighted by molar-refractivity contribution is 5.74. The van der Waals surface area contributed by atoms with E-state index in [1.165, 1.54) is 0 Å². The van der Waals surface area contributed by atoms with Gasteiger partial charge in [-0.2, -0.15) is 0 Å². The van der Waals surface area contributed by atoms with Crippen molar-refractivity contribution in [2.75, 3.05) is 39.3 Å². The minimum Gasteiger partial charge on any atom is -0.423 e. The van der Waals surface area contributed by atoms with Crippen molar-refractivity contribution in [3.8, 4) is 0 Å². The second kappa shape index (κ2) is 7.29. The molecule has 1 aromatic heterocycles. The fraction of sp³-hybridized carbons (Fsp3) is 0.812. The van der Waals surface area contributed by atoms with Gasteiger partial charge in [-0.15, -0.1) is 10.2 Å². The predicted molar refractivity (Wildman–Crippen MR) is 88.2 cm³/mol. The second-order valence-electron chi connectivity index (χ2n) is 6.97. The van der Waals surface area contributed by atoms with Crippen LogP contribution in [0.4, 0.5) is 4.79 Å². The third kappa shape index (κ3) is 4.43. The quantitative estimate of drug-likeness (QED) is 0.847. The first-order chi connectivity index (χ1) is 10.8. The number of carbonyl (C=O) groups is 1. The molecule has 1 fully saturated rings.